The summed E-state index contributed by atoms with van der Waals surface area (Å²) in [4.78, 5) is -0.131. The fourth-order valence-electron chi connectivity index (χ4n) is 2.07. The third-order valence-corrected chi connectivity index (χ3v) is 5.40. The van der Waals surface area contributed by atoms with Crippen LogP contribution in [0.2, 0.25) is 5.02 Å². The van der Waals surface area contributed by atoms with Crippen molar-refractivity contribution in [2.45, 2.75) is 24.5 Å². The van der Waals surface area contributed by atoms with Gasteiger partial charge in [0, 0.05) is 19.6 Å². The van der Waals surface area contributed by atoms with Gasteiger partial charge in [-0.25, -0.2) is 12.8 Å². The molecule has 1 aromatic carbocycles. The zero-order chi connectivity index (χ0) is 14.9. The summed E-state index contributed by atoms with van der Waals surface area (Å²) in [5.74, 6) is -0.783. The Morgan fingerprint density at radius 2 is 2.25 bits per heavy atom. The van der Waals surface area contributed by atoms with Crippen LogP contribution < -0.4 is 5.73 Å². The molecule has 0 spiro atoms. The van der Waals surface area contributed by atoms with E-state index in [0.29, 0.717) is 6.61 Å². The number of ether oxygens (including phenoxy) is 1. The Labute approximate surface area is 122 Å². The first-order valence-electron chi connectivity index (χ1n) is 6.16. The van der Waals surface area contributed by atoms with Gasteiger partial charge in [-0.15, -0.1) is 0 Å². The molecule has 0 radical (unpaired) electrons. The van der Waals surface area contributed by atoms with Crippen molar-refractivity contribution in [1.29, 1.82) is 0 Å². The van der Waals surface area contributed by atoms with Gasteiger partial charge >= 0.3 is 0 Å². The van der Waals surface area contributed by atoms with E-state index in [-0.39, 0.29) is 41.2 Å². The van der Waals surface area contributed by atoms with Crippen LogP contribution >= 0.6 is 11.6 Å². The van der Waals surface area contributed by atoms with E-state index in [0.717, 1.165) is 6.07 Å². The molecule has 5 nitrogen and oxygen atoms in total. The van der Waals surface area contributed by atoms with Crippen molar-refractivity contribution < 1.29 is 17.5 Å². The van der Waals surface area contributed by atoms with Crippen LogP contribution in [-0.4, -0.2) is 38.5 Å². The van der Waals surface area contributed by atoms with Crippen LogP contribution in [0.15, 0.2) is 17.0 Å². The summed E-state index contributed by atoms with van der Waals surface area (Å²) in [5, 5.41) is -0.137. The van der Waals surface area contributed by atoms with Crippen molar-refractivity contribution in [3.8, 4) is 0 Å². The minimum atomic E-state index is -3.77. The van der Waals surface area contributed by atoms with E-state index in [9.17, 15) is 12.8 Å². The Balaban J connectivity index is 2.41. The third kappa shape index (κ3) is 2.96. The molecule has 0 bridgehead atoms. The average Bonchev–Trinajstić information content (AvgIpc) is 2.41. The predicted molar refractivity (Wildman–Crippen MR) is 73.5 cm³/mol. The number of nitrogens with zero attached hydrogens (tertiary/aromatic N) is 1. The molecular weight excluding hydrogens is 307 g/mol. The number of benzene rings is 1. The van der Waals surface area contributed by atoms with E-state index in [2.05, 4.69) is 0 Å². The fraction of sp³-hybridized carbons (Fsp3) is 0.500. The fourth-order valence-corrected chi connectivity index (χ4v) is 3.82. The standard InChI is InChI=1S/C12H16ClFN2O3S/c1-8-7-16(2-3-19-8)20(17,18)10-4-9(6-15)12(13)11(14)5-10/h4-5,8H,2-3,6-7,15H2,1H3. The topological polar surface area (TPSA) is 72.6 Å². The summed E-state index contributed by atoms with van der Waals surface area (Å²) in [6.45, 7) is 2.56. The first-order chi connectivity index (χ1) is 9.36. The monoisotopic (exact) mass is 322 g/mol. The molecule has 0 saturated carbocycles. The van der Waals surface area contributed by atoms with Crippen LogP contribution in [-0.2, 0) is 21.3 Å². The molecule has 1 aromatic rings. The average molecular weight is 323 g/mol. The maximum absolute atomic E-state index is 13.7. The Kier molecular flexibility index (Phi) is 4.66. The number of hydrogen-bond donors (Lipinski definition) is 1. The van der Waals surface area contributed by atoms with E-state index >= 15 is 0 Å². The highest BCUT2D eigenvalue weighted by molar-refractivity contribution is 7.89. The van der Waals surface area contributed by atoms with E-state index in [4.69, 9.17) is 22.1 Å². The molecule has 2 rings (SSSR count). The largest absolute Gasteiger partial charge is 0.376 e. The number of halogens is 2. The van der Waals surface area contributed by atoms with E-state index < -0.39 is 15.8 Å². The van der Waals surface area contributed by atoms with Gasteiger partial charge < -0.3 is 10.5 Å². The number of nitrogens with two attached hydrogens (primary N) is 1. The van der Waals surface area contributed by atoms with Gasteiger partial charge in [-0.05, 0) is 24.6 Å². The lowest BCUT2D eigenvalue weighted by molar-refractivity contribution is 0.0102. The van der Waals surface area contributed by atoms with Gasteiger partial charge in [-0.2, -0.15) is 4.31 Å². The summed E-state index contributed by atoms with van der Waals surface area (Å²) in [7, 11) is -3.77. The lowest BCUT2D eigenvalue weighted by atomic mass is 10.2. The smallest absolute Gasteiger partial charge is 0.243 e. The highest BCUT2D eigenvalue weighted by Gasteiger charge is 2.30. The molecule has 0 amide bonds. The van der Waals surface area contributed by atoms with Crippen molar-refractivity contribution in [3.63, 3.8) is 0 Å². The Morgan fingerprint density at radius 3 is 2.85 bits per heavy atom. The quantitative estimate of drug-likeness (QED) is 0.911. The summed E-state index contributed by atoms with van der Waals surface area (Å²) in [6, 6.07) is 2.25. The van der Waals surface area contributed by atoms with Gasteiger partial charge in [-0.3, -0.25) is 0 Å². The zero-order valence-electron chi connectivity index (χ0n) is 11.0. The molecule has 1 heterocycles. The minimum absolute atomic E-state index is 0.0291. The van der Waals surface area contributed by atoms with Crippen LogP contribution in [0.3, 0.4) is 0 Å². The second-order valence-corrected chi connectivity index (χ2v) is 6.94. The van der Waals surface area contributed by atoms with E-state index in [1.54, 1.807) is 6.92 Å². The van der Waals surface area contributed by atoms with Crippen molar-refractivity contribution in [1.82, 2.24) is 4.31 Å². The van der Waals surface area contributed by atoms with E-state index in [1.165, 1.54) is 10.4 Å². The number of morpholine rings is 1. The molecular formula is C12H16ClFN2O3S. The highest BCUT2D eigenvalue weighted by atomic mass is 35.5. The first-order valence-corrected chi connectivity index (χ1v) is 7.97. The normalized spacial score (nSPS) is 21.1. The molecule has 1 aliphatic heterocycles. The Hall–Kier alpha value is -0.730. The lowest BCUT2D eigenvalue weighted by Crippen LogP contribution is -2.44. The maximum atomic E-state index is 13.7. The van der Waals surface area contributed by atoms with Crippen LogP contribution in [0, 0.1) is 5.82 Å². The van der Waals surface area contributed by atoms with Gasteiger partial charge in [0.25, 0.3) is 0 Å². The molecule has 8 heteroatoms. The van der Waals surface area contributed by atoms with Crippen molar-refractivity contribution in [3.05, 3.63) is 28.5 Å². The molecule has 2 N–H and O–H groups in total. The molecule has 1 saturated heterocycles. The molecule has 20 heavy (non-hydrogen) atoms. The van der Waals surface area contributed by atoms with E-state index in [1.807, 2.05) is 0 Å². The van der Waals surface area contributed by atoms with Gasteiger partial charge in [0.1, 0.15) is 5.82 Å². The second-order valence-electron chi connectivity index (χ2n) is 4.63. The molecule has 1 fully saturated rings. The molecule has 112 valence electrons. The summed E-state index contributed by atoms with van der Waals surface area (Å²) in [5.41, 5.74) is 5.72. The van der Waals surface area contributed by atoms with Gasteiger partial charge in [0.05, 0.1) is 22.6 Å². The molecule has 0 aromatic heterocycles. The molecule has 0 aliphatic carbocycles. The summed E-state index contributed by atoms with van der Waals surface area (Å²) < 4.78 is 45.3. The third-order valence-electron chi connectivity index (χ3n) is 3.14. The minimum Gasteiger partial charge on any atom is -0.376 e. The highest BCUT2D eigenvalue weighted by Crippen LogP contribution is 2.26. The predicted octanol–water partition coefficient (Wildman–Crippen LogP) is 1.35. The summed E-state index contributed by atoms with van der Waals surface area (Å²) in [6.07, 6.45) is -0.190. The van der Waals surface area contributed by atoms with Crippen molar-refractivity contribution in [2.75, 3.05) is 19.7 Å². The van der Waals surface area contributed by atoms with Crippen LogP contribution in [0.1, 0.15) is 12.5 Å². The second kappa shape index (κ2) is 5.95. The number of sulfonamides is 1. The van der Waals surface area contributed by atoms with Crippen molar-refractivity contribution >= 4 is 21.6 Å². The number of rotatable bonds is 3. The van der Waals surface area contributed by atoms with Gasteiger partial charge in [0.15, 0.2) is 0 Å². The van der Waals surface area contributed by atoms with Crippen LogP contribution in [0.4, 0.5) is 4.39 Å². The number of hydrogen-bond acceptors (Lipinski definition) is 4. The van der Waals surface area contributed by atoms with Crippen molar-refractivity contribution in [2.24, 2.45) is 5.73 Å². The molecule has 1 atom stereocenters. The SMILES string of the molecule is CC1CN(S(=O)(=O)c2cc(F)c(Cl)c(CN)c2)CCO1. The zero-order valence-corrected chi connectivity index (χ0v) is 12.5. The van der Waals surface area contributed by atoms with Crippen LogP contribution in [0.5, 0.6) is 0 Å². The Morgan fingerprint density at radius 1 is 1.55 bits per heavy atom. The van der Waals surface area contributed by atoms with Crippen LogP contribution in [0.25, 0.3) is 0 Å². The Bertz CT molecular complexity index is 609. The lowest BCUT2D eigenvalue weighted by Gasteiger charge is -2.30. The first kappa shape index (κ1) is 15.7. The maximum Gasteiger partial charge on any atom is 0.243 e. The molecule has 1 aliphatic rings. The van der Waals surface area contributed by atoms with Gasteiger partial charge in [0.2, 0.25) is 10.0 Å². The summed E-state index contributed by atoms with van der Waals surface area (Å²) >= 11 is 5.74. The van der Waals surface area contributed by atoms with Gasteiger partial charge in [-0.1, -0.05) is 11.6 Å². The molecule has 1 unspecified atom stereocenters.